The second kappa shape index (κ2) is 17.4. The van der Waals surface area contributed by atoms with Crippen molar-refractivity contribution in [3.63, 3.8) is 0 Å². The zero-order valence-electron chi connectivity index (χ0n) is 43.5. The van der Waals surface area contributed by atoms with Gasteiger partial charge in [-0.05, 0) is 141 Å². The van der Waals surface area contributed by atoms with Crippen LogP contribution in [0.3, 0.4) is 0 Å². The summed E-state index contributed by atoms with van der Waals surface area (Å²) < 4.78 is 30.1. The SMILES string of the molecule is Brc1cc2c(c3c1oc1ccccc13)-c1c(cc(Br)c3c1oc1ccccc13)C21c2ccccc2-c2ccccc21.OC1(c2ccccc2-c2ccccc2)c2cc(Br)c3c(oc4ccccc43)c2-c2c1cc(Br)c1oc3ccccc3c21. The van der Waals surface area contributed by atoms with Crippen LogP contribution in [0.25, 0.3) is 132 Å². The first-order valence-electron chi connectivity index (χ1n) is 27.4. The molecule has 9 heteroatoms. The van der Waals surface area contributed by atoms with Gasteiger partial charge in [0.25, 0.3) is 0 Å². The highest BCUT2D eigenvalue weighted by molar-refractivity contribution is 9.11. The lowest BCUT2D eigenvalue weighted by molar-refractivity contribution is 0.131. The van der Waals surface area contributed by atoms with Gasteiger partial charge in [-0.1, -0.05) is 192 Å². The van der Waals surface area contributed by atoms with Gasteiger partial charge in [-0.2, -0.15) is 0 Å². The van der Waals surface area contributed by atoms with Gasteiger partial charge in [0, 0.05) is 91.0 Å². The summed E-state index contributed by atoms with van der Waals surface area (Å²) in [5.41, 5.74) is 20.7. The normalized spacial score (nSPS) is 15.2. The second-order valence-corrected chi connectivity index (χ2v) is 25.2. The van der Waals surface area contributed by atoms with Crippen molar-refractivity contribution in [1.82, 2.24) is 0 Å². The predicted molar refractivity (Wildman–Crippen MR) is 349 cm³/mol. The third-order valence-corrected chi connectivity index (χ3v) is 20.3. The molecule has 0 radical (unpaired) electrons. The number of rotatable bonds is 2. The third kappa shape index (κ3) is 6.23. The summed E-state index contributed by atoms with van der Waals surface area (Å²) in [5, 5.41) is 21.7. The molecule has 1 N–H and O–H groups in total. The third-order valence-electron chi connectivity index (χ3n) is 17.9. The molecule has 0 fully saturated rings. The first-order chi connectivity index (χ1) is 40.7. The monoisotopic (exact) mass is 1320 g/mol. The molecule has 4 heterocycles. The molecule has 1 atom stereocenters. The van der Waals surface area contributed by atoms with Gasteiger partial charge in [0.1, 0.15) is 50.3 Å². The summed E-state index contributed by atoms with van der Waals surface area (Å²) in [7, 11) is 0. The first-order valence-corrected chi connectivity index (χ1v) is 30.5. The lowest BCUT2D eigenvalue weighted by atomic mass is 9.70. The number of para-hydroxylation sites is 4. The highest BCUT2D eigenvalue weighted by Gasteiger charge is 2.54. The number of hydrogen-bond donors (Lipinski definition) is 1. The summed E-state index contributed by atoms with van der Waals surface area (Å²) >= 11 is 15.7. The van der Waals surface area contributed by atoms with E-state index in [1.165, 1.54) is 38.9 Å². The van der Waals surface area contributed by atoms with Crippen molar-refractivity contribution >= 4 is 151 Å². The van der Waals surface area contributed by atoms with E-state index in [9.17, 15) is 5.11 Å². The van der Waals surface area contributed by atoms with Gasteiger partial charge in [0.15, 0.2) is 0 Å². The summed E-state index contributed by atoms with van der Waals surface area (Å²) in [5.74, 6) is 0. The number of aliphatic hydroxyl groups is 1. The van der Waals surface area contributed by atoms with E-state index in [0.29, 0.717) is 0 Å². The van der Waals surface area contributed by atoms with Crippen LogP contribution in [0, 0.1) is 0 Å². The molecule has 12 aromatic carbocycles. The Hall–Kier alpha value is -8.28. The van der Waals surface area contributed by atoms with Crippen molar-refractivity contribution in [2.24, 2.45) is 0 Å². The Morgan fingerprint density at radius 1 is 0.277 bits per heavy atom. The summed E-state index contributed by atoms with van der Waals surface area (Å²) in [6, 6.07) is 77.7. The molecule has 0 aliphatic heterocycles. The highest BCUT2D eigenvalue weighted by atomic mass is 79.9. The lowest BCUT2D eigenvalue weighted by Crippen LogP contribution is -2.27. The molecular weight excluding hydrogens is 1290 g/mol. The fourth-order valence-electron chi connectivity index (χ4n) is 14.7. The molecule has 83 heavy (non-hydrogen) atoms. The Kier molecular flexibility index (Phi) is 10.1. The van der Waals surface area contributed by atoms with E-state index in [4.69, 9.17) is 17.7 Å². The Bertz CT molecular complexity index is 5500. The maximum atomic E-state index is 13.3. The molecule has 3 aliphatic rings. The van der Waals surface area contributed by atoms with E-state index in [1.807, 2.05) is 91.0 Å². The van der Waals surface area contributed by atoms with Crippen LogP contribution < -0.4 is 0 Å². The number of halogens is 4. The van der Waals surface area contributed by atoms with Crippen molar-refractivity contribution in [2.45, 2.75) is 11.0 Å². The van der Waals surface area contributed by atoms with Gasteiger partial charge in [-0.15, -0.1) is 0 Å². The molecule has 3 aliphatic carbocycles. The van der Waals surface area contributed by atoms with Crippen LogP contribution in [0.1, 0.15) is 38.9 Å². The Morgan fingerprint density at radius 2 is 0.614 bits per heavy atom. The van der Waals surface area contributed by atoms with Crippen LogP contribution in [-0.2, 0) is 11.0 Å². The number of benzene rings is 12. The predicted octanol–water partition coefficient (Wildman–Crippen LogP) is 22.3. The van der Waals surface area contributed by atoms with Crippen molar-refractivity contribution in [3.05, 3.63) is 281 Å². The van der Waals surface area contributed by atoms with Crippen LogP contribution >= 0.6 is 63.7 Å². The zero-order valence-corrected chi connectivity index (χ0v) is 49.8. The smallest absolute Gasteiger partial charge is 0.150 e. The zero-order chi connectivity index (χ0) is 55.2. The minimum absolute atomic E-state index is 0.511. The molecule has 1 spiro atoms. The number of hydrogen-bond acceptors (Lipinski definition) is 5. The average Bonchev–Trinajstić information content (AvgIpc) is 1.89. The van der Waals surface area contributed by atoms with E-state index in [-0.39, 0.29) is 0 Å². The van der Waals surface area contributed by atoms with Gasteiger partial charge in [0.05, 0.1) is 14.4 Å². The maximum absolute atomic E-state index is 13.3. The van der Waals surface area contributed by atoms with Gasteiger partial charge < -0.3 is 22.8 Å². The second-order valence-electron chi connectivity index (χ2n) is 21.8. The van der Waals surface area contributed by atoms with Crippen molar-refractivity contribution < 1.29 is 22.8 Å². The molecule has 0 saturated heterocycles. The lowest BCUT2D eigenvalue weighted by Gasteiger charge is -2.30. The molecule has 19 rings (SSSR count). The summed E-state index contributed by atoms with van der Waals surface area (Å²) in [6.07, 6.45) is 0. The van der Waals surface area contributed by atoms with Crippen molar-refractivity contribution in [1.29, 1.82) is 0 Å². The van der Waals surface area contributed by atoms with Crippen LogP contribution in [0.15, 0.2) is 260 Å². The van der Waals surface area contributed by atoms with Crippen molar-refractivity contribution in [2.75, 3.05) is 0 Å². The van der Waals surface area contributed by atoms with E-state index in [1.54, 1.807) is 0 Å². The van der Waals surface area contributed by atoms with E-state index >= 15 is 0 Å². The maximum Gasteiger partial charge on any atom is 0.150 e. The number of fused-ring (bicyclic) bond motifs is 29. The molecule has 16 aromatic rings. The average molecular weight is 1330 g/mol. The fourth-order valence-corrected chi connectivity index (χ4v) is 16.9. The molecule has 4 aromatic heterocycles. The van der Waals surface area contributed by atoms with Crippen LogP contribution in [0.2, 0.25) is 0 Å². The van der Waals surface area contributed by atoms with Gasteiger partial charge >= 0.3 is 0 Å². The Morgan fingerprint density at radius 3 is 1.13 bits per heavy atom. The van der Waals surface area contributed by atoms with Crippen LogP contribution in [0.4, 0.5) is 0 Å². The van der Waals surface area contributed by atoms with E-state index < -0.39 is 11.0 Å². The minimum atomic E-state index is -1.48. The van der Waals surface area contributed by atoms with E-state index in [2.05, 4.69) is 197 Å². The molecule has 0 bridgehead atoms. The van der Waals surface area contributed by atoms with Crippen molar-refractivity contribution in [3.8, 4) is 44.5 Å². The molecule has 392 valence electrons. The largest absolute Gasteiger partial charge is 0.455 e. The summed E-state index contributed by atoms with van der Waals surface area (Å²) in [6.45, 7) is 0. The van der Waals surface area contributed by atoms with Gasteiger partial charge in [0.2, 0.25) is 0 Å². The summed E-state index contributed by atoms with van der Waals surface area (Å²) in [4.78, 5) is 0. The standard InChI is InChI=1S/C37H20Br2O3.C37H18Br2O2/c38-27-18-26-34(36-31(27)22-13-5-8-16-29(22)42-36)33-25(19-28(39)35-32(33)23-14-6-9-17-30(23)41-35)37(26,40)24-15-7-4-12-21(24)20-10-2-1-3-11-20;38-27-17-26-34(36-31(27)21-11-3-7-15-29(21)41-36)33-25(18-28(39)35-32(33)22-12-4-8-16-30(22)40-35)37(26)23-13-5-1-9-19(23)20-10-2-6-14-24(20)37/h1-19,40H;1-18H. The molecular formula is C74H38Br4O5. The fraction of sp³-hybridized carbons (Fsp3) is 0.0270. The van der Waals surface area contributed by atoms with Gasteiger partial charge in [-0.25, -0.2) is 0 Å². The highest BCUT2D eigenvalue weighted by Crippen LogP contribution is 2.67. The van der Waals surface area contributed by atoms with E-state index in [0.717, 1.165) is 150 Å². The topological polar surface area (TPSA) is 72.8 Å². The Balaban J connectivity index is 0.000000127. The quantitative estimate of drug-likeness (QED) is 0.187. The van der Waals surface area contributed by atoms with Gasteiger partial charge in [-0.3, -0.25) is 0 Å². The van der Waals surface area contributed by atoms with Crippen LogP contribution in [-0.4, -0.2) is 5.11 Å². The first kappa shape index (κ1) is 48.3. The molecule has 5 nitrogen and oxygen atoms in total. The van der Waals surface area contributed by atoms with Crippen LogP contribution in [0.5, 0.6) is 0 Å². The molecule has 0 amide bonds. The molecule has 1 unspecified atom stereocenters. The minimum Gasteiger partial charge on any atom is -0.455 e. The number of furan rings is 4. The molecule has 0 saturated carbocycles. The Labute approximate surface area is 506 Å².